The molecular weight excluding hydrogens is 522 g/mol. The molecule has 232 valence electrons. The molecule has 1 amide bonds. The van der Waals surface area contributed by atoms with Gasteiger partial charge < -0.3 is 30.2 Å². The van der Waals surface area contributed by atoms with Gasteiger partial charge in [0.1, 0.15) is 6.10 Å². The maximum Gasteiger partial charge on any atom is 0.404 e. The fourth-order valence-corrected chi connectivity index (χ4v) is 12.7. The maximum absolute atomic E-state index is 12.6. The van der Waals surface area contributed by atoms with Gasteiger partial charge in [-0.25, -0.2) is 4.79 Å². The molecule has 0 aromatic rings. The Morgan fingerprint density at radius 1 is 1.02 bits per heavy atom. The van der Waals surface area contributed by atoms with E-state index in [1.165, 1.54) is 13.3 Å². The van der Waals surface area contributed by atoms with E-state index >= 15 is 0 Å². The minimum atomic E-state index is -1.30. The van der Waals surface area contributed by atoms with Crippen molar-refractivity contribution in [3.05, 3.63) is 0 Å². The van der Waals surface area contributed by atoms with Gasteiger partial charge in [0.15, 0.2) is 6.10 Å². The van der Waals surface area contributed by atoms with Crippen LogP contribution in [0.15, 0.2) is 0 Å². The number of carbonyl (C=O) groups is 2. The fraction of sp³-hybridized carbons (Fsp3) is 0.939. The Labute approximate surface area is 245 Å². The van der Waals surface area contributed by atoms with Gasteiger partial charge in [-0.3, -0.25) is 4.79 Å². The minimum Gasteiger partial charge on any atom is -0.457 e. The predicted octanol–water partition coefficient (Wildman–Crippen LogP) is 4.97. The first-order valence-corrected chi connectivity index (χ1v) is 16.1. The van der Waals surface area contributed by atoms with Gasteiger partial charge in [0.25, 0.3) is 0 Å². The molecule has 0 aromatic heterocycles. The highest BCUT2D eigenvalue weighted by atomic mass is 16.6. The molecule has 6 rings (SSSR count). The number of nitrogens with two attached hydrogens (primary N) is 1. The van der Waals surface area contributed by atoms with E-state index in [1.807, 2.05) is 0 Å². The normalized spacial score (nSPS) is 52.0. The SMILES string of the molecule is CC(=O)O[C@@H](C1C[C@@H](C)[C@H]2C(O1)[C@H](OC(N)=O)[C@@]1(C)C3CC[C@H]4C(C)(C)[C@@H](O)CC[C@@]45C[C@@]35CC[C@]21C)C(C)(C)O. The van der Waals surface area contributed by atoms with E-state index in [0.29, 0.717) is 18.3 Å². The van der Waals surface area contributed by atoms with E-state index in [4.69, 9.17) is 19.9 Å². The molecule has 8 nitrogen and oxygen atoms in total. The van der Waals surface area contributed by atoms with Crippen molar-refractivity contribution in [1.29, 1.82) is 0 Å². The minimum absolute atomic E-state index is 0.102. The van der Waals surface area contributed by atoms with Gasteiger partial charge in [-0.2, -0.15) is 0 Å². The van der Waals surface area contributed by atoms with E-state index in [-0.39, 0.29) is 45.0 Å². The number of esters is 1. The van der Waals surface area contributed by atoms with Gasteiger partial charge >= 0.3 is 12.1 Å². The molecule has 1 heterocycles. The molecule has 41 heavy (non-hydrogen) atoms. The number of carbonyl (C=O) groups excluding carboxylic acids is 2. The summed E-state index contributed by atoms with van der Waals surface area (Å²) in [6.45, 7) is 16.2. The molecule has 1 saturated heterocycles. The van der Waals surface area contributed by atoms with E-state index < -0.39 is 42.1 Å². The van der Waals surface area contributed by atoms with E-state index in [1.54, 1.807) is 13.8 Å². The Morgan fingerprint density at radius 2 is 1.66 bits per heavy atom. The molecule has 5 saturated carbocycles. The van der Waals surface area contributed by atoms with Crippen molar-refractivity contribution in [2.75, 3.05) is 0 Å². The third kappa shape index (κ3) is 3.68. The van der Waals surface area contributed by atoms with Crippen LogP contribution in [0.1, 0.15) is 107 Å². The number of amides is 1. The summed E-state index contributed by atoms with van der Waals surface area (Å²) in [6, 6.07) is 0. The zero-order valence-electron chi connectivity index (χ0n) is 26.4. The monoisotopic (exact) mass is 575 g/mol. The van der Waals surface area contributed by atoms with Crippen LogP contribution in [0.5, 0.6) is 0 Å². The lowest BCUT2D eigenvalue weighted by Crippen LogP contribution is -2.60. The summed E-state index contributed by atoms with van der Waals surface area (Å²) >= 11 is 0. The lowest BCUT2D eigenvalue weighted by atomic mass is 9.41. The van der Waals surface area contributed by atoms with E-state index in [2.05, 4.69) is 34.6 Å². The summed E-state index contributed by atoms with van der Waals surface area (Å²) in [6.07, 6.45) is 4.75. The van der Waals surface area contributed by atoms with Crippen molar-refractivity contribution in [2.45, 2.75) is 143 Å². The number of aliphatic hydroxyl groups is 2. The summed E-state index contributed by atoms with van der Waals surface area (Å²) in [5, 5.41) is 22.0. The molecule has 5 aliphatic carbocycles. The second-order valence-corrected chi connectivity index (χ2v) is 16.7. The van der Waals surface area contributed by atoms with Crippen LogP contribution in [-0.4, -0.2) is 58.4 Å². The molecule has 6 aliphatic rings. The molecule has 3 unspecified atom stereocenters. The van der Waals surface area contributed by atoms with Gasteiger partial charge in [0.2, 0.25) is 0 Å². The maximum atomic E-state index is 12.6. The first kappa shape index (κ1) is 29.7. The molecule has 13 atom stereocenters. The van der Waals surface area contributed by atoms with Crippen molar-refractivity contribution in [2.24, 2.45) is 56.5 Å². The predicted molar refractivity (Wildman–Crippen MR) is 152 cm³/mol. The lowest BCUT2D eigenvalue weighted by Gasteiger charge is -2.63. The summed E-state index contributed by atoms with van der Waals surface area (Å²) in [7, 11) is 0. The number of hydrogen-bond acceptors (Lipinski definition) is 7. The fourth-order valence-electron chi connectivity index (χ4n) is 12.7. The van der Waals surface area contributed by atoms with E-state index in [9.17, 15) is 19.8 Å². The van der Waals surface area contributed by atoms with Crippen molar-refractivity contribution >= 4 is 12.1 Å². The zero-order chi connectivity index (χ0) is 30.1. The molecule has 0 aromatic carbocycles. The highest BCUT2D eigenvalue weighted by molar-refractivity contribution is 5.66. The standard InChI is InChI=1S/C33H53NO7/c1-17-15-19(25(29(5,6)38)39-18(2)35)40-24-23(17)30(7)13-14-33-16-32(33)12-11-22(36)28(3,4)20(32)9-10-21(33)31(30,8)26(24)41-27(34)37/h17,19-26,36,38H,9-16H2,1-8H3,(H2,34,37)/t17-,19?,20+,21?,22+,23+,24?,25+,26+,30-,31-,32-,33+/m1/s1. The average molecular weight is 576 g/mol. The van der Waals surface area contributed by atoms with Crippen LogP contribution in [0, 0.1) is 50.7 Å². The Kier molecular flexibility index (Phi) is 6.40. The van der Waals surface area contributed by atoms with Crippen LogP contribution in [0.25, 0.3) is 0 Å². The molecular formula is C33H53NO7. The number of ether oxygens (including phenoxy) is 3. The third-order valence-electron chi connectivity index (χ3n) is 14.3. The molecule has 2 spiro atoms. The second kappa shape index (κ2) is 8.84. The Hall–Kier alpha value is -1.38. The molecule has 1 aliphatic heterocycles. The first-order valence-electron chi connectivity index (χ1n) is 16.1. The molecule has 6 fully saturated rings. The van der Waals surface area contributed by atoms with Gasteiger partial charge in [-0.1, -0.05) is 34.6 Å². The second-order valence-electron chi connectivity index (χ2n) is 16.7. The number of aliphatic hydroxyl groups excluding tert-OH is 1. The van der Waals surface area contributed by atoms with Gasteiger partial charge in [-0.15, -0.1) is 0 Å². The summed E-state index contributed by atoms with van der Waals surface area (Å²) in [4.78, 5) is 24.6. The number of primary amides is 1. The smallest absolute Gasteiger partial charge is 0.404 e. The third-order valence-corrected chi connectivity index (χ3v) is 14.3. The summed E-state index contributed by atoms with van der Waals surface area (Å²) in [5.74, 6) is 0.740. The molecule has 0 radical (unpaired) electrons. The Balaban J connectivity index is 1.41. The van der Waals surface area contributed by atoms with Crippen molar-refractivity contribution < 1.29 is 34.0 Å². The van der Waals surface area contributed by atoms with Crippen molar-refractivity contribution in [1.82, 2.24) is 0 Å². The number of fused-ring (bicyclic) bond motifs is 4. The van der Waals surface area contributed by atoms with Crippen molar-refractivity contribution in [3.63, 3.8) is 0 Å². The summed E-state index contributed by atoms with van der Waals surface area (Å²) in [5.41, 5.74) is 4.33. The van der Waals surface area contributed by atoms with Crippen molar-refractivity contribution in [3.8, 4) is 0 Å². The van der Waals surface area contributed by atoms with Crippen LogP contribution < -0.4 is 5.73 Å². The quantitative estimate of drug-likeness (QED) is 0.404. The van der Waals surface area contributed by atoms with Gasteiger partial charge in [0, 0.05) is 12.3 Å². The molecule has 8 heteroatoms. The average Bonchev–Trinajstić information content (AvgIpc) is 3.48. The van der Waals surface area contributed by atoms with E-state index in [0.717, 1.165) is 38.5 Å². The highest BCUT2D eigenvalue weighted by Gasteiger charge is 2.85. The topological polar surface area (TPSA) is 128 Å². The van der Waals surface area contributed by atoms with Crippen LogP contribution >= 0.6 is 0 Å². The van der Waals surface area contributed by atoms with Crippen LogP contribution in [0.4, 0.5) is 4.79 Å². The Bertz CT molecular complexity index is 1120. The zero-order valence-corrected chi connectivity index (χ0v) is 26.4. The number of hydrogen-bond donors (Lipinski definition) is 3. The largest absolute Gasteiger partial charge is 0.457 e. The first-order chi connectivity index (χ1) is 18.9. The molecule has 0 bridgehead atoms. The van der Waals surface area contributed by atoms with Crippen LogP contribution in [0.3, 0.4) is 0 Å². The highest BCUT2D eigenvalue weighted by Crippen LogP contribution is 2.89. The Morgan fingerprint density at radius 3 is 2.27 bits per heavy atom. The number of rotatable bonds is 4. The van der Waals surface area contributed by atoms with Crippen LogP contribution in [-0.2, 0) is 19.0 Å². The van der Waals surface area contributed by atoms with Crippen LogP contribution in [0.2, 0.25) is 0 Å². The van der Waals surface area contributed by atoms with Gasteiger partial charge in [-0.05, 0) is 111 Å². The lowest BCUT2D eigenvalue weighted by molar-refractivity contribution is -0.216. The van der Waals surface area contributed by atoms with Gasteiger partial charge in [0.05, 0.1) is 23.9 Å². The molecule has 4 N–H and O–H groups in total. The summed E-state index contributed by atoms with van der Waals surface area (Å²) < 4.78 is 18.7.